The van der Waals surface area contributed by atoms with Crippen LogP contribution < -0.4 is 5.32 Å². The molecule has 3 amide bonds. The SMILES string of the molecule is CN(C)C(=O)CCNC(=O)N1CCC[C@@H](C(=O)O)C1. The minimum atomic E-state index is -0.861. The Balaban J connectivity index is 2.33. The molecule has 1 fully saturated rings. The van der Waals surface area contributed by atoms with Gasteiger partial charge in [0.25, 0.3) is 0 Å². The average molecular weight is 271 g/mol. The molecule has 1 rings (SSSR count). The standard InChI is InChI=1S/C12H21N3O4/c1-14(2)10(16)5-6-13-12(19)15-7-3-4-9(8-15)11(17)18/h9H,3-8H2,1-2H3,(H,13,19)(H,17,18)/t9-/m1/s1. The van der Waals surface area contributed by atoms with Gasteiger partial charge >= 0.3 is 12.0 Å². The molecule has 2 N–H and O–H groups in total. The minimum Gasteiger partial charge on any atom is -0.481 e. The third-order valence-corrected chi connectivity index (χ3v) is 3.17. The molecule has 0 saturated carbocycles. The van der Waals surface area contributed by atoms with Crippen LogP contribution in [0.4, 0.5) is 4.79 Å². The summed E-state index contributed by atoms with van der Waals surface area (Å²) in [5, 5.41) is 11.6. The molecule has 0 aliphatic carbocycles. The summed E-state index contributed by atoms with van der Waals surface area (Å²) >= 11 is 0. The molecule has 1 heterocycles. The van der Waals surface area contributed by atoms with Crippen molar-refractivity contribution < 1.29 is 19.5 Å². The van der Waals surface area contributed by atoms with E-state index in [1.807, 2.05) is 0 Å². The lowest BCUT2D eigenvalue weighted by Gasteiger charge is -2.30. The highest BCUT2D eigenvalue weighted by atomic mass is 16.4. The maximum absolute atomic E-state index is 11.8. The van der Waals surface area contributed by atoms with E-state index in [1.54, 1.807) is 14.1 Å². The number of urea groups is 1. The van der Waals surface area contributed by atoms with Gasteiger partial charge in [-0.25, -0.2) is 4.79 Å². The first-order valence-electron chi connectivity index (χ1n) is 6.37. The fourth-order valence-electron chi connectivity index (χ4n) is 1.97. The van der Waals surface area contributed by atoms with Crippen molar-refractivity contribution in [3.63, 3.8) is 0 Å². The van der Waals surface area contributed by atoms with Crippen LogP contribution >= 0.6 is 0 Å². The van der Waals surface area contributed by atoms with Gasteiger partial charge in [-0.05, 0) is 12.8 Å². The Bertz CT molecular complexity index is 357. The number of hydrogen-bond acceptors (Lipinski definition) is 3. The molecular formula is C12H21N3O4. The van der Waals surface area contributed by atoms with Crippen LogP contribution in [0.3, 0.4) is 0 Å². The summed E-state index contributed by atoms with van der Waals surface area (Å²) in [6.07, 6.45) is 1.55. The molecule has 1 atom stereocenters. The van der Waals surface area contributed by atoms with Crippen LogP contribution in [0.2, 0.25) is 0 Å². The second-order valence-corrected chi connectivity index (χ2v) is 4.89. The molecule has 0 spiro atoms. The lowest BCUT2D eigenvalue weighted by Crippen LogP contribution is -2.47. The summed E-state index contributed by atoms with van der Waals surface area (Å²) in [5.41, 5.74) is 0. The van der Waals surface area contributed by atoms with Crippen molar-refractivity contribution in [3.05, 3.63) is 0 Å². The third-order valence-electron chi connectivity index (χ3n) is 3.17. The van der Waals surface area contributed by atoms with Gasteiger partial charge in [0.2, 0.25) is 5.91 Å². The van der Waals surface area contributed by atoms with E-state index < -0.39 is 11.9 Å². The lowest BCUT2D eigenvalue weighted by atomic mass is 9.99. The Morgan fingerprint density at radius 1 is 1.37 bits per heavy atom. The summed E-state index contributed by atoms with van der Waals surface area (Å²) in [7, 11) is 3.32. The van der Waals surface area contributed by atoms with Crippen molar-refractivity contribution in [2.45, 2.75) is 19.3 Å². The first-order valence-corrected chi connectivity index (χ1v) is 6.37. The maximum atomic E-state index is 11.8. The maximum Gasteiger partial charge on any atom is 0.317 e. The zero-order valence-electron chi connectivity index (χ0n) is 11.4. The molecule has 7 nitrogen and oxygen atoms in total. The summed E-state index contributed by atoms with van der Waals surface area (Å²) in [5.74, 6) is -1.40. The first kappa shape index (κ1) is 15.3. The van der Waals surface area contributed by atoms with Crippen LogP contribution in [0.15, 0.2) is 0 Å². The van der Waals surface area contributed by atoms with Gasteiger partial charge in [-0.3, -0.25) is 9.59 Å². The van der Waals surface area contributed by atoms with Crippen LogP contribution in [0.5, 0.6) is 0 Å². The number of carbonyl (C=O) groups excluding carboxylic acids is 2. The fraction of sp³-hybridized carbons (Fsp3) is 0.750. The highest BCUT2D eigenvalue weighted by molar-refractivity contribution is 5.78. The molecule has 1 saturated heterocycles. The Labute approximate surface area is 112 Å². The fourth-order valence-corrected chi connectivity index (χ4v) is 1.97. The average Bonchev–Trinajstić information content (AvgIpc) is 2.38. The van der Waals surface area contributed by atoms with E-state index in [9.17, 15) is 14.4 Å². The Hall–Kier alpha value is -1.79. The lowest BCUT2D eigenvalue weighted by molar-refractivity contribution is -0.143. The monoisotopic (exact) mass is 271 g/mol. The van der Waals surface area contributed by atoms with E-state index in [0.29, 0.717) is 19.4 Å². The molecule has 0 aromatic rings. The molecule has 0 aromatic carbocycles. The van der Waals surface area contributed by atoms with Gasteiger partial charge in [0.05, 0.1) is 5.92 Å². The number of carbonyl (C=O) groups is 3. The van der Waals surface area contributed by atoms with Gasteiger partial charge in [0.15, 0.2) is 0 Å². The van der Waals surface area contributed by atoms with Gasteiger partial charge in [-0.2, -0.15) is 0 Å². The van der Waals surface area contributed by atoms with E-state index in [4.69, 9.17) is 5.11 Å². The number of carboxylic acids is 1. The summed E-state index contributed by atoms with van der Waals surface area (Å²) in [6, 6.07) is -0.294. The van der Waals surface area contributed by atoms with Crippen LogP contribution in [0.1, 0.15) is 19.3 Å². The molecule has 1 aliphatic heterocycles. The number of rotatable bonds is 4. The largest absolute Gasteiger partial charge is 0.481 e. The van der Waals surface area contributed by atoms with Crippen molar-refractivity contribution in [2.75, 3.05) is 33.7 Å². The van der Waals surface area contributed by atoms with Crippen molar-refractivity contribution in [2.24, 2.45) is 5.92 Å². The van der Waals surface area contributed by atoms with Gasteiger partial charge in [-0.15, -0.1) is 0 Å². The second-order valence-electron chi connectivity index (χ2n) is 4.89. The number of hydrogen-bond donors (Lipinski definition) is 2. The zero-order valence-corrected chi connectivity index (χ0v) is 11.4. The zero-order chi connectivity index (χ0) is 14.4. The van der Waals surface area contributed by atoms with Gasteiger partial charge in [0, 0.05) is 40.2 Å². The van der Waals surface area contributed by atoms with Crippen molar-refractivity contribution in [3.8, 4) is 0 Å². The summed E-state index contributed by atoms with van der Waals surface area (Å²) in [6.45, 7) is 1.07. The van der Waals surface area contributed by atoms with Gasteiger partial charge in [-0.1, -0.05) is 0 Å². The third kappa shape index (κ3) is 4.76. The summed E-state index contributed by atoms with van der Waals surface area (Å²) in [4.78, 5) is 37.0. The van der Waals surface area contributed by atoms with Crippen LogP contribution in [-0.4, -0.2) is 66.5 Å². The van der Waals surface area contributed by atoms with Crippen LogP contribution in [0, 0.1) is 5.92 Å². The van der Waals surface area contributed by atoms with E-state index in [1.165, 1.54) is 9.80 Å². The molecule has 0 bridgehead atoms. The van der Waals surface area contributed by atoms with Gasteiger partial charge < -0.3 is 20.2 Å². The number of amides is 3. The van der Waals surface area contributed by atoms with E-state index in [0.717, 1.165) is 0 Å². The van der Waals surface area contributed by atoms with E-state index in [2.05, 4.69) is 5.32 Å². The van der Waals surface area contributed by atoms with Crippen molar-refractivity contribution in [1.29, 1.82) is 0 Å². The van der Waals surface area contributed by atoms with Crippen molar-refractivity contribution >= 4 is 17.9 Å². The van der Waals surface area contributed by atoms with Crippen LogP contribution in [-0.2, 0) is 9.59 Å². The predicted molar refractivity (Wildman–Crippen MR) is 68.6 cm³/mol. The Morgan fingerprint density at radius 2 is 2.05 bits per heavy atom. The Morgan fingerprint density at radius 3 is 2.63 bits per heavy atom. The quantitative estimate of drug-likeness (QED) is 0.751. The molecule has 19 heavy (non-hydrogen) atoms. The molecule has 7 heteroatoms. The Kier molecular flexibility index (Phi) is 5.59. The number of carboxylic acid groups (broad SMARTS) is 1. The molecule has 0 unspecified atom stereocenters. The first-order chi connectivity index (χ1) is 8.91. The highest BCUT2D eigenvalue weighted by Crippen LogP contribution is 2.16. The topological polar surface area (TPSA) is 90.0 Å². The number of nitrogens with one attached hydrogen (secondary N) is 1. The predicted octanol–water partition coefficient (Wildman–Crippen LogP) is -0.0291. The van der Waals surface area contributed by atoms with E-state index in [-0.39, 0.29) is 31.4 Å². The minimum absolute atomic E-state index is 0.0534. The molecule has 1 aliphatic rings. The van der Waals surface area contributed by atoms with Gasteiger partial charge in [0.1, 0.15) is 0 Å². The number of aliphatic carboxylic acids is 1. The second kappa shape index (κ2) is 6.96. The van der Waals surface area contributed by atoms with E-state index >= 15 is 0 Å². The molecule has 108 valence electrons. The number of piperidine rings is 1. The number of likely N-dealkylation sites (tertiary alicyclic amines) is 1. The van der Waals surface area contributed by atoms with Crippen molar-refractivity contribution in [1.82, 2.24) is 15.1 Å². The normalized spacial score (nSPS) is 18.8. The highest BCUT2D eigenvalue weighted by Gasteiger charge is 2.27. The molecular weight excluding hydrogens is 250 g/mol. The number of nitrogens with zero attached hydrogens (tertiary/aromatic N) is 2. The molecule has 0 aromatic heterocycles. The smallest absolute Gasteiger partial charge is 0.317 e. The summed E-state index contributed by atoms with van der Waals surface area (Å²) < 4.78 is 0. The molecule has 0 radical (unpaired) electrons. The van der Waals surface area contributed by atoms with Crippen LogP contribution in [0.25, 0.3) is 0 Å².